The van der Waals surface area contributed by atoms with Crippen molar-refractivity contribution in [3.05, 3.63) is 55.8 Å². The smallest absolute Gasteiger partial charge is 0.281 e. The third-order valence-corrected chi connectivity index (χ3v) is 6.25. The van der Waals surface area contributed by atoms with Crippen LogP contribution >= 0.6 is 34.7 Å². The molecule has 4 rings (SSSR count). The number of non-ortho nitro benzene ring substituents is 1. The largest absolute Gasteiger partial charge is 0.454 e. The molecule has 0 aliphatic carbocycles. The van der Waals surface area contributed by atoms with Crippen molar-refractivity contribution < 1.29 is 19.2 Å². The molecular weight excluding hydrogens is 438 g/mol. The van der Waals surface area contributed by atoms with Crippen molar-refractivity contribution in [3.63, 3.8) is 0 Å². The normalized spacial score (nSPS) is 13.2. The van der Waals surface area contributed by atoms with Crippen molar-refractivity contribution in [2.75, 3.05) is 18.8 Å². The van der Waals surface area contributed by atoms with E-state index in [1.54, 1.807) is 11.8 Å². The van der Waals surface area contributed by atoms with Crippen LogP contribution in [0.1, 0.15) is 10.4 Å². The van der Waals surface area contributed by atoms with Gasteiger partial charge in [-0.2, -0.15) is 16.8 Å². The molecule has 1 amide bonds. The number of nitrogens with zero attached hydrogens (tertiary/aromatic N) is 3. The SMILES string of the molecule is CSCCn1c(=NC(=O)c2cc([N+](=O)[O-])ccc2Cl)sc2cc3c(cc21)OCO3. The van der Waals surface area contributed by atoms with Gasteiger partial charge in [-0.25, -0.2) is 0 Å². The zero-order chi connectivity index (χ0) is 20.5. The molecule has 2 heterocycles. The molecule has 0 spiro atoms. The van der Waals surface area contributed by atoms with E-state index in [0.29, 0.717) is 22.8 Å². The highest BCUT2D eigenvalue weighted by Crippen LogP contribution is 2.37. The number of carbonyl (C=O) groups is 1. The third kappa shape index (κ3) is 3.83. The van der Waals surface area contributed by atoms with E-state index in [4.69, 9.17) is 21.1 Å². The predicted molar refractivity (Wildman–Crippen MR) is 112 cm³/mol. The molecule has 2 aromatic carbocycles. The maximum Gasteiger partial charge on any atom is 0.281 e. The molecule has 11 heteroatoms. The Morgan fingerprint density at radius 2 is 2.10 bits per heavy atom. The maximum absolute atomic E-state index is 12.8. The molecule has 150 valence electrons. The second kappa shape index (κ2) is 8.05. The fourth-order valence-electron chi connectivity index (χ4n) is 2.88. The van der Waals surface area contributed by atoms with Crippen LogP contribution in [0.3, 0.4) is 0 Å². The van der Waals surface area contributed by atoms with Crippen molar-refractivity contribution in [2.45, 2.75) is 6.54 Å². The Bertz CT molecular complexity index is 1200. The van der Waals surface area contributed by atoms with Gasteiger partial charge in [-0.1, -0.05) is 22.9 Å². The summed E-state index contributed by atoms with van der Waals surface area (Å²) in [6, 6.07) is 7.46. The Labute approximate surface area is 177 Å². The molecule has 0 radical (unpaired) electrons. The number of nitro benzene ring substituents is 1. The number of nitro groups is 1. The lowest BCUT2D eigenvalue weighted by molar-refractivity contribution is -0.384. The summed E-state index contributed by atoms with van der Waals surface area (Å²) in [4.78, 5) is 27.9. The molecule has 0 saturated heterocycles. The first-order valence-corrected chi connectivity index (χ1v) is 11.0. The number of benzene rings is 2. The number of ether oxygens (including phenoxy) is 2. The van der Waals surface area contributed by atoms with Crippen LogP contribution < -0.4 is 14.3 Å². The first-order valence-electron chi connectivity index (χ1n) is 8.43. The minimum Gasteiger partial charge on any atom is -0.454 e. The molecular formula is C18H14ClN3O5S2. The van der Waals surface area contributed by atoms with Crippen molar-refractivity contribution in [2.24, 2.45) is 4.99 Å². The van der Waals surface area contributed by atoms with Crippen LogP contribution in [0.2, 0.25) is 5.02 Å². The second-order valence-electron chi connectivity index (χ2n) is 6.04. The van der Waals surface area contributed by atoms with Gasteiger partial charge in [0.1, 0.15) is 0 Å². The van der Waals surface area contributed by atoms with Crippen molar-refractivity contribution in [1.29, 1.82) is 0 Å². The number of thioether (sulfide) groups is 1. The summed E-state index contributed by atoms with van der Waals surface area (Å²) in [7, 11) is 0. The van der Waals surface area contributed by atoms with E-state index in [1.165, 1.54) is 23.5 Å². The Hall–Kier alpha value is -2.56. The summed E-state index contributed by atoms with van der Waals surface area (Å²) in [6.45, 7) is 0.814. The fourth-order valence-corrected chi connectivity index (χ4v) is 4.51. The Balaban J connectivity index is 1.84. The average Bonchev–Trinajstić information content (AvgIpc) is 3.27. The molecule has 0 saturated carbocycles. The van der Waals surface area contributed by atoms with E-state index in [2.05, 4.69) is 4.99 Å². The minimum absolute atomic E-state index is 0.0103. The van der Waals surface area contributed by atoms with Gasteiger partial charge in [0.15, 0.2) is 16.3 Å². The molecule has 1 aliphatic heterocycles. The van der Waals surface area contributed by atoms with Gasteiger partial charge in [0, 0.05) is 36.6 Å². The molecule has 0 bridgehead atoms. The lowest BCUT2D eigenvalue weighted by atomic mass is 10.2. The minimum atomic E-state index is -0.636. The van der Waals surface area contributed by atoms with Crippen LogP contribution in [0.4, 0.5) is 5.69 Å². The van der Waals surface area contributed by atoms with E-state index in [9.17, 15) is 14.9 Å². The zero-order valence-corrected chi connectivity index (χ0v) is 17.5. The van der Waals surface area contributed by atoms with Gasteiger partial charge in [0.25, 0.3) is 11.6 Å². The number of aromatic nitrogens is 1. The zero-order valence-electron chi connectivity index (χ0n) is 15.1. The molecule has 0 fully saturated rings. The first-order chi connectivity index (χ1) is 14.0. The summed E-state index contributed by atoms with van der Waals surface area (Å²) in [5.74, 6) is 1.48. The van der Waals surface area contributed by atoms with Crippen molar-refractivity contribution in [3.8, 4) is 11.5 Å². The van der Waals surface area contributed by atoms with Gasteiger partial charge in [-0.05, 0) is 12.3 Å². The van der Waals surface area contributed by atoms with Gasteiger partial charge in [-0.15, -0.1) is 0 Å². The van der Waals surface area contributed by atoms with Gasteiger partial charge in [-0.3, -0.25) is 14.9 Å². The van der Waals surface area contributed by atoms with Gasteiger partial charge < -0.3 is 14.0 Å². The molecule has 1 aromatic heterocycles. The molecule has 0 unspecified atom stereocenters. The molecule has 0 atom stereocenters. The summed E-state index contributed by atoms with van der Waals surface area (Å²) >= 11 is 9.09. The Morgan fingerprint density at radius 3 is 2.83 bits per heavy atom. The second-order valence-corrected chi connectivity index (χ2v) is 8.44. The van der Waals surface area contributed by atoms with Gasteiger partial charge in [0.05, 0.1) is 25.7 Å². The number of carbonyl (C=O) groups excluding carboxylic acids is 1. The predicted octanol–water partition coefficient (Wildman–Crippen LogP) is 4.10. The topological polar surface area (TPSA) is 96.0 Å². The van der Waals surface area contributed by atoms with Crippen molar-refractivity contribution in [1.82, 2.24) is 4.57 Å². The molecule has 29 heavy (non-hydrogen) atoms. The molecule has 8 nitrogen and oxygen atoms in total. The number of hydrogen-bond donors (Lipinski definition) is 0. The highest BCUT2D eigenvalue weighted by molar-refractivity contribution is 7.98. The number of thiazole rings is 1. The number of halogens is 1. The monoisotopic (exact) mass is 451 g/mol. The number of hydrogen-bond acceptors (Lipinski definition) is 7. The summed E-state index contributed by atoms with van der Waals surface area (Å²) < 4.78 is 13.7. The highest BCUT2D eigenvalue weighted by atomic mass is 35.5. The standard InChI is InChI=1S/C18H14ClN3O5S2/c1-28-5-4-21-13-7-14-15(27-9-26-14)8-16(13)29-18(21)20-17(23)11-6-10(22(24)25)2-3-12(11)19/h2-3,6-8H,4-5,9H2,1H3. The van der Waals surface area contributed by atoms with Crippen molar-refractivity contribution >= 4 is 56.5 Å². The lowest BCUT2D eigenvalue weighted by Gasteiger charge is -2.05. The van der Waals surface area contributed by atoms with Crippen LogP contribution in [0.25, 0.3) is 10.2 Å². The van der Waals surface area contributed by atoms with Crippen LogP contribution in [0, 0.1) is 10.1 Å². The number of aryl methyl sites for hydroxylation is 1. The number of amides is 1. The van der Waals surface area contributed by atoms with Crippen LogP contribution in [0.5, 0.6) is 11.5 Å². The lowest BCUT2D eigenvalue weighted by Crippen LogP contribution is -2.18. The van der Waals surface area contributed by atoms with Gasteiger partial charge >= 0.3 is 0 Å². The maximum atomic E-state index is 12.8. The first kappa shape index (κ1) is 19.7. The highest BCUT2D eigenvalue weighted by Gasteiger charge is 2.19. The number of rotatable bonds is 5. The number of fused-ring (bicyclic) bond motifs is 2. The fraction of sp³-hybridized carbons (Fsp3) is 0.222. The van der Waals surface area contributed by atoms with E-state index < -0.39 is 10.8 Å². The van der Waals surface area contributed by atoms with Crippen LogP contribution in [-0.2, 0) is 6.54 Å². The molecule has 0 N–H and O–H groups in total. The van der Waals surface area contributed by atoms with E-state index in [1.807, 2.05) is 23.0 Å². The van der Waals surface area contributed by atoms with E-state index in [0.717, 1.165) is 22.0 Å². The quantitative estimate of drug-likeness (QED) is 0.428. The molecule has 1 aliphatic rings. The van der Waals surface area contributed by atoms with Gasteiger partial charge in [0.2, 0.25) is 6.79 Å². The Morgan fingerprint density at radius 1 is 1.34 bits per heavy atom. The van der Waals surface area contributed by atoms with Crippen LogP contribution in [0.15, 0.2) is 35.3 Å². The third-order valence-electron chi connectivity index (χ3n) is 4.28. The molecule has 3 aromatic rings. The van der Waals surface area contributed by atoms with Crippen LogP contribution in [-0.4, -0.2) is 34.2 Å². The summed E-state index contributed by atoms with van der Waals surface area (Å²) in [6.07, 6.45) is 1.99. The summed E-state index contributed by atoms with van der Waals surface area (Å²) in [5, 5.41) is 11.1. The summed E-state index contributed by atoms with van der Waals surface area (Å²) in [5.41, 5.74) is 0.652. The Kier molecular flexibility index (Phi) is 5.48. The average molecular weight is 452 g/mol. The van der Waals surface area contributed by atoms with E-state index >= 15 is 0 Å². The van der Waals surface area contributed by atoms with E-state index in [-0.39, 0.29) is 23.1 Å².